The SMILES string of the molecule is Cc1nn(C)c2ncc(C(=O)NC3CCN([C@H](C)c4ccccc4)CC3)cc12. The highest BCUT2D eigenvalue weighted by atomic mass is 16.1. The van der Waals surface area contributed by atoms with Gasteiger partial charge in [-0.05, 0) is 38.3 Å². The van der Waals surface area contributed by atoms with Gasteiger partial charge in [0.1, 0.15) is 0 Å². The van der Waals surface area contributed by atoms with Crippen molar-refractivity contribution in [1.29, 1.82) is 0 Å². The topological polar surface area (TPSA) is 63.1 Å². The van der Waals surface area contributed by atoms with Gasteiger partial charge in [0.2, 0.25) is 0 Å². The summed E-state index contributed by atoms with van der Waals surface area (Å²) in [7, 11) is 1.87. The summed E-state index contributed by atoms with van der Waals surface area (Å²) in [6.45, 7) is 6.17. The van der Waals surface area contributed by atoms with Gasteiger partial charge in [-0.25, -0.2) is 4.98 Å². The lowest BCUT2D eigenvalue weighted by Gasteiger charge is -2.36. The number of likely N-dealkylation sites (tertiary alicyclic amines) is 1. The van der Waals surface area contributed by atoms with Crippen molar-refractivity contribution in [2.24, 2.45) is 7.05 Å². The fraction of sp³-hybridized carbons (Fsp3) is 0.409. The predicted octanol–water partition coefficient (Wildman–Crippen LogP) is 3.23. The van der Waals surface area contributed by atoms with E-state index in [2.05, 4.69) is 57.6 Å². The second kappa shape index (κ2) is 7.72. The van der Waals surface area contributed by atoms with Crippen LogP contribution < -0.4 is 5.32 Å². The largest absolute Gasteiger partial charge is 0.349 e. The minimum Gasteiger partial charge on any atom is -0.349 e. The van der Waals surface area contributed by atoms with E-state index in [0.717, 1.165) is 42.7 Å². The average Bonchev–Trinajstić information content (AvgIpc) is 3.02. The van der Waals surface area contributed by atoms with Gasteiger partial charge in [0, 0.05) is 43.8 Å². The number of pyridine rings is 1. The summed E-state index contributed by atoms with van der Waals surface area (Å²) in [6.07, 6.45) is 3.57. The maximum atomic E-state index is 12.7. The molecule has 1 aliphatic heterocycles. The average molecular weight is 377 g/mol. The molecule has 0 unspecified atom stereocenters. The molecular weight excluding hydrogens is 350 g/mol. The first kappa shape index (κ1) is 18.6. The van der Waals surface area contributed by atoms with Crippen LogP contribution in [0.2, 0.25) is 0 Å². The first-order valence-corrected chi connectivity index (χ1v) is 9.92. The second-order valence-corrected chi connectivity index (χ2v) is 7.67. The van der Waals surface area contributed by atoms with E-state index in [0.29, 0.717) is 11.6 Å². The zero-order valence-electron chi connectivity index (χ0n) is 16.7. The molecule has 0 saturated carbocycles. The number of carbonyl (C=O) groups is 1. The molecule has 1 aliphatic rings. The molecule has 6 nitrogen and oxygen atoms in total. The molecule has 2 aromatic heterocycles. The third-order valence-corrected chi connectivity index (χ3v) is 5.82. The van der Waals surface area contributed by atoms with E-state index in [-0.39, 0.29) is 11.9 Å². The molecule has 146 valence electrons. The smallest absolute Gasteiger partial charge is 0.253 e. The summed E-state index contributed by atoms with van der Waals surface area (Å²) in [6, 6.07) is 13.1. The first-order valence-electron chi connectivity index (χ1n) is 9.92. The molecule has 3 aromatic rings. The quantitative estimate of drug-likeness (QED) is 0.758. The number of aromatic nitrogens is 3. The number of amides is 1. The van der Waals surface area contributed by atoms with Crippen LogP contribution in [0, 0.1) is 6.92 Å². The van der Waals surface area contributed by atoms with Crippen LogP contribution in [0.25, 0.3) is 11.0 Å². The zero-order chi connectivity index (χ0) is 19.7. The number of carbonyl (C=O) groups excluding carboxylic acids is 1. The Labute approximate surface area is 165 Å². The van der Waals surface area contributed by atoms with E-state index in [4.69, 9.17) is 0 Å². The fourth-order valence-electron chi connectivity index (χ4n) is 4.07. The van der Waals surface area contributed by atoms with E-state index >= 15 is 0 Å². The van der Waals surface area contributed by atoms with Gasteiger partial charge >= 0.3 is 0 Å². The van der Waals surface area contributed by atoms with Crippen molar-refractivity contribution >= 4 is 16.9 Å². The van der Waals surface area contributed by atoms with Crippen molar-refractivity contribution in [2.75, 3.05) is 13.1 Å². The van der Waals surface area contributed by atoms with Gasteiger partial charge in [-0.3, -0.25) is 14.4 Å². The van der Waals surface area contributed by atoms with Crippen LogP contribution in [0.3, 0.4) is 0 Å². The minimum absolute atomic E-state index is 0.0489. The maximum Gasteiger partial charge on any atom is 0.253 e. The monoisotopic (exact) mass is 377 g/mol. The third-order valence-electron chi connectivity index (χ3n) is 5.82. The van der Waals surface area contributed by atoms with Crippen molar-refractivity contribution in [3.05, 3.63) is 59.4 Å². The van der Waals surface area contributed by atoms with Gasteiger partial charge in [-0.15, -0.1) is 0 Å². The highest BCUT2D eigenvalue weighted by Crippen LogP contribution is 2.24. The Morgan fingerprint density at radius 1 is 1.21 bits per heavy atom. The Morgan fingerprint density at radius 3 is 2.64 bits per heavy atom. The van der Waals surface area contributed by atoms with Crippen LogP contribution >= 0.6 is 0 Å². The number of rotatable bonds is 4. The van der Waals surface area contributed by atoms with Crippen LogP contribution in [0.5, 0.6) is 0 Å². The van der Waals surface area contributed by atoms with E-state index in [1.54, 1.807) is 10.9 Å². The summed E-state index contributed by atoms with van der Waals surface area (Å²) in [5.41, 5.74) is 3.64. The number of piperidine rings is 1. The van der Waals surface area contributed by atoms with E-state index in [1.807, 2.05) is 20.0 Å². The van der Waals surface area contributed by atoms with Crippen molar-refractivity contribution in [3.8, 4) is 0 Å². The molecule has 1 N–H and O–H groups in total. The Hall–Kier alpha value is -2.73. The van der Waals surface area contributed by atoms with Crippen LogP contribution in [0.1, 0.15) is 47.4 Å². The number of hydrogen-bond donors (Lipinski definition) is 1. The number of nitrogens with one attached hydrogen (secondary N) is 1. The molecule has 4 rings (SSSR count). The van der Waals surface area contributed by atoms with Crippen LogP contribution in [0.4, 0.5) is 0 Å². The molecule has 0 bridgehead atoms. The van der Waals surface area contributed by atoms with Crippen LogP contribution in [-0.4, -0.2) is 44.7 Å². The van der Waals surface area contributed by atoms with Gasteiger partial charge in [0.25, 0.3) is 5.91 Å². The van der Waals surface area contributed by atoms with Gasteiger partial charge in [-0.1, -0.05) is 30.3 Å². The zero-order valence-corrected chi connectivity index (χ0v) is 16.7. The Morgan fingerprint density at radius 2 is 1.93 bits per heavy atom. The Bertz CT molecular complexity index is 973. The van der Waals surface area contributed by atoms with Crippen molar-refractivity contribution < 1.29 is 4.79 Å². The van der Waals surface area contributed by atoms with Crippen LogP contribution in [0.15, 0.2) is 42.6 Å². The molecule has 6 heteroatoms. The van der Waals surface area contributed by atoms with Crippen molar-refractivity contribution in [3.63, 3.8) is 0 Å². The molecule has 3 heterocycles. The normalized spacial score (nSPS) is 17.0. The minimum atomic E-state index is -0.0489. The van der Waals surface area contributed by atoms with Gasteiger partial charge in [0.15, 0.2) is 5.65 Å². The predicted molar refractivity (Wildman–Crippen MR) is 110 cm³/mol. The number of fused-ring (bicyclic) bond motifs is 1. The summed E-state index contributed by atoms with van der Waals surface area (Å²) >= 11 is 0. The first-order chi connectivity index (χ1) is 13.5. The molecule has 0 spiro atoms. The third kappa shape index (κ3) is 3.64. The van der Waals surface area contributed by atoms with Crippen molar-refractivity contribution in [1.82, 2.24) is 25.0 Å². The summed E-state index contributed by atoms with van der Waals surface area (Å²) < 4.78 is 1.75. The molecule has 1 atom stereocenters. The van der Waals surface area contributed by atoms with Crippen molar-refractivity contribution in [2.45, 2.75) is 38.8 Å². The van der Waals surface area contributed by atoms with Crippen LogP contribution in [-0.2, 0) is 7.05 Å². The highest BCUT2D eigenvalue weighted by Gasteiger charge is 2.25. The molecule has 28 heavy (non-hydrogen) atoms. The summed E-state index contributed by atoms with van der Waals surface area (Å²) in [4.78, 5) is 19.6. The number of benzene rings is 1. The number of hydrogen-bond acceptors (Lipinski definition) is 4. The van der Waals surface area contributed by atoms with Gasteiger partial charge in [0.05, 0.1) is 11.3 Å². The van der Waals surface area contributed by atoms with Gasteiger partial charge in [-0.2, -0.15) is 5.10 Å². The number of nitrogens with zero attached hydrogens (tertiary/aromatic N) is 4. The highest BCUT2D eigenvalue weighted by molar-refractivity contribution is 5.97. The summed E-state index contributed by atoms with van der Waals surface area (Å²) in [5, 5.41) is 8.50. The molecule has 1 saturated heterocycles. The molecule has 1 amide bonds. The second-order valence-electron chi connectivity index (χ2n) is 7.67. The molecule has 0 aliphatic carbocycles. The van der Waals surface area contributed by atoms with E-state index in [1.165, 1.54) is 5.56 Å². The van der Waals surface area contributed by atoms with Gasteiger partial charge < -0.3 is 5.32 Å². The fourth-order valence-corrected chi connectivity index (χ4v) is 4.07. The van der Waals surface area contributed by atoms with E-state index in [9.17, 15) is 4.79 Å². The Kier molecular flexibility index (Phi) is 5.13. The lowest BCUT2D eigenvalue weighted by Crippen LogP contribution is -2.45. The summed E-state index contributed by atoms with van der Waals surface area (Å²) in [5.74, 6) is -0.0489. The maximum absolute atomic E-state index is 12.7. The van der Waals surface area contributed by atoms with E-state index < -0.39 is 0 Å². The number of aryl methyl sites for hydroxylation is 2. The molecule has 1 aromatic carbocycles. The standard InChI is InChI=1S/C22H27N5O/c1-15-20-13-18(14-23-21(20)26(3)25-15)22(28)24-19-9-11-27(12-10-19)16(2)17-7-5-4-6-8-17/h4-8,13-14,16,19H,9-12H2,1-3H3,(H,24,28)/t16-/m1/s1. The molecule has 0 radical (unpaired) electrons. The lowest BCUT2D eigenvalue weighted by molar-refractivity contribution is 0.0896. The lowest BCUT2D eigenvalue weighted by atomic mass is 10.00. The Balaban J connectivity index is 1.37. The molecule has 1 fully saturated rings. The molecular formula is C22H27N5O.